The molecule has 2 heterocycles. The average Bonchev–Trinajstić information content (AvgIpc) is 3.36. The summed E-state index contributed by atoms with van der Waals surface area (Å²) in [5.41, 5.74) is 5.96. The maximum atomic E-state index is 12.5. The molecule has 6 nitrogen and oxygen atoms in total. The van der Waals surface area contributed by atoms with Gasteiger partial charge < -0.3 is 0 Å². The highest BCUT2D eigenvalue weighted by molar-refractivity contribution is 7.14. The molecule has 0 aliphatic rings. The number of rotatable bonds is 5. The number of hydrogen-bond donors (Lipinski definition) is 1. The van der Waals surface area contributed by atoms with Gasteiger partial charge in [-0.15, -0.1) is 11.3 Å². The molecule has 0 saturated carbocycles. The number of anilines is 1. The number of carbonyl (C=O) groups is 1. The van der Waals surface area contributed by atoms with Crippen LogP contribution in [0.25, 0.3) is 11.3 Å². The lowest BCUT2D eigenvalue weighted by Crippen LogP contribution is -2.11. The van der Waals surface area contributed by atoms with Gasteiger partial charge in [0, 0.05) is 16.5 Å². The van der Waals surface area contributed by atoms with E-state index in [1.807, 2.05) is 17.5 Å². The lowest BCUT2D eigenvalue weighted by molar-refractivity contribution is 0.102. The molecular weight excluding hydrogens is 370 g/mol. The van der Waals surface area contributed by atoms with Gasteiger partial charge in [0.2, 0.25) is 0 Å². The minimum absolute atomic E-state index is 0.172. The number of carbonyl (C=O) groups excluding carboxylic acids is 1. The lowest BCUT2D eigenvalue weighted by Gasteiger charge is -2.05. The van der Waals surface area contributed by atoms with Crippen molar-refractivity contribution in [2.24, 2.45) is 0 Å². The second kappa shape index (κ2) is 7.74. The van der Waals surface area contributed by atoms with Crippen molar-refractivity contribution in [2.75, 3.05) is 5.32 Å². The number of amides is 1. The Kier molecular flexibility index (Phi) is 4.99. The molecule has 28 heavy (non-hydrogen) atoms. The summed E-state index contributed by atoms with van der Waals surface area (Å²) in [6.45, 7) is 4.74. The Balaban J connectivity index is 1.45. The van der Waals surface area contributed by atoms with Crippen LogP contribution < -0.4 is 5.32 Å². The Hall–Kier alpha value is -3.32. The molecular formula is C21H19N5OS. The van der Waals surface area contributed by atoms with Crippen LogP contribution in [0, 0.1) is 13.8 Å². The standard InChI is InChI=1S/C21H19N5OS/c1-14-3-4-15(2)18(9-14)19-11-28-21(24-19)25-20(27)17-7-5-16(6-8-17)10-26-13-22-12-23-26/h3-9,11-13H,10H2,1-2H3,(H,24,25,27). The normalized spacial score (nSPS) is 10.8. The van der Waals surface area contributed by atoms with Crippen LogP contribution in [-0.2, 0) is 6.54 Å². The predicted molar refractivity (Wildman–Crippen MR) is 111 cm³/mol. The summed E-state index contributed by atoms with van der Waals surface area (Å²) >= 11 is 1.43. The lowest BCUT2D eigenvalue weighted by atomic mass is 10.0. The number of aryl methyl sites for hydroxylation is 2. The van der Waals surface area contributed by atoms with E-state index in [2.05, 4.69) is 52.4 Å². The van der Waals surface area contributed by atoms with Crippen LogP contribution in [-0.4, -0.2) is 25.7 Å². The topological polar surface area (TPSA) is 72.7 Å². The molecule has 0 unspecified atom stereocenters. The molecule has 0 saturated heterocycles. The second-order valence-electron chi connectivity index (χ2n) is 6.60. The highest BCUT2D eigenvalue weighted by Gasteiger charge is 2.11. The molecule has 0 radical (unpaired) electrons. The molecule has 7 heteroatoms. The Labute approximate surface area is 166 Å². The molecule has 4 aromatic rings. The van der Waals surface area contributed by atoms with E-state index in [1.165, 1.54) is 23.2 Å². The fourth-order valence-corrected chi connectivity index (χ4v) is 3.60. The summed E-state index contributed by atoms with van der Waals surface area (Å²) in [6.07, 6.45) is 3.17. The molecule has 0 bridgehead atoms. The Morgan fingerprint density at radius 2 is 1.96 bits per heavy atom. The van der Waals surface area contributed by atoms with Crippen LogP contribution >= 0.6 is 11.3 Å². The Morgan fingerprint density at radius 3 is 2.71 bits per heavy atom. The van der Waals surface area contributed by atoms with Gasteiger partial charge in [-0.3, -0.25) is 10.1 Å². The van der Waals surface area contributed by atoms with Crippen LogP contribution in [0.4, 0.5) is 5.13 Å². The highest BCUT2D eigenvalue weighted by atomic mass is 32.1. The van der Waals surface area contributed by atoms with Crippen molar-refractivity contribution in [3.8, 4) is 11.3 Å². The van der Waals surface area contributed by atoms with Crippen molar-refractivity contribution in [1.29, 1.82) is 0 Å². The summed E-state index contributed by atoms with van der Waals surface area (Å²) < 4.78 is 1.74. The summed E-state index contributed by atoms with van der Waals surface area (Å²) in [4.78, 5) is 21.0. The van der Waals surface area contributed by atoms with Crippen LogP contribution in [0.5, 0.6) is 0 Å². The first kappa shape index (κ1) is 18.1. The third-order valence-corrected chi connectivity index (χ3v) is 5.18. The van der Waals surface area contributed by atoms with E-state index < -0.39 is 0 Å². The quantitative estimate of drug-likeness (QED) is 0.552. The third kappa shape index (κ3) is 3.99. The van der Waals surface area contributed by atoms with Gasteiger partial charge >= 0.3 is 0 Å². The molecule has 2 aromatic carbocycles. The second-order valence-corrected chi connectivity index (χ2v) is 7.46. The molecule has 0 atom stereocenters. The summed E-state index contributed by atoms with van der Waals surface area (Å²) in [5.74, 6) is -0.172. The van der Waals surface area contributed by atoms with Crippen LogP contribution in [0.3, 0.4) is 0 Å². The van der Waals surface area contributed by atoms with E-state index in [9.17, 15) is 4.79 Å². The van der Waals surface area contributed by atoms with Gasteiger partial charge in [-0.05, 0) is 43.2 Å². The SMILES string of the molecule is Cc1ccc(C)c(-c2csc(NC(=O)c3ccc(Cn4cncn4)cc3)n2)c1. The zero-order valence-corrected chi connectivity index (χ0v) is 16.4. The number of thiazole rings is 1. The van der Waals surface area contributed by atoms with Gasteiger partial charge in [-0.25, -0.2) is 14.6 Å². The van der Waals surface area contributed by atoms with Gasteiger partial charge in [0.15, 0.2) is 5.13 Å². The van der Waals surface area contributed by atoms with Crippen molar-refractivity contribution < 1.29 is 4.79 Å². The summed E-state index contributed by atoms with van der Waals surface area (Å²) in [6, 6.07) is 13.7. The van der Waals surface area contributed by atoms with Crippen molar-refractivity contribution >= 4 is 22.4 Å². The average molecular weight is 389 g/mol. The zero-order valence-electron chi connectivity index (χ0n) is 15.6. The first-order valence-corrected chi connectivity index (χ1v) is 9.72. The minimum Gasteiger partial charge on any atom is -0.298 e. The van der Waals surface area contributed by atoms with E-state index in [-0.39, 0.29) is 5.91 Å². The Morgan fingerprint density at radius 1 is 1.14 bits per heavy atom. The van der Waals surface area contributed by atoms with Crippen LogP contribution in [0.2, 0.25) is 0 Å². The molecule has 0 aliphatic carbocycles. The van der Waals surface area contributed by atoms with E-state index >= 15 is 0 Å². The van der Waals surface area contributed by atoms with Gasteiger partial charge in [0.05, 0.1) is 12.2 Å². The van der Waals surface area contributed by atoms with Crippen LogP contribution in [0.1, 0.15) is 27.0 Å². The van der Waals surface area contributed by atoms with Crippen LogP contribution in [0.15, 0.2) is 60.5 Å². The number of nitrogens with zero attached hydrogens (tertiary/aromatic N) is 4. The van der Waals surface area contributed by atoms with Crippen molar-refractivity contribution in [1.82, 2.24) is 19.7 Å². The van der Waals surface area contributed by atoms with E-state index in [1.54, 1.807) is 23.1 Å². The van der Waals surface area contributed by atoms with E-state index in [4.69, 9.17) is 0 Å². The molecule has 0 aliphatic heterocycles. The van der Waals surface area contributed by atoms with Gasteiger partial charge in [0.1, 0.15) is 12.7 Å². The van der Waals surface area contributed by atoms with E-state index in [0.29, 0.717) is 17.2 Å². The van der Waals surface area contributed by atoms with E-state index in [0.717, 1.165) is 22.4 Å². The minimum atomic E-state index is -0.172. The third-order valence-electron chi connectivity index (χ3n) is 4.42. The number of nitrogens with one attached hydrogen (secondary N) is 1. The maximum absolute atomic E-state index is 12.5. The predicted octanol–water partition coefficient (Wildman–Crippen LogP) is 4.32. The summed E-state index contributed by atoms with van der Waals surface area (Å²) in [7, 11) is 0. The summed E-state index contributed by atoms with van der Waals surface area (Å²) in [5, 5.41) is 9.53. The molecule has 1 N–H and O–H groups in total. The molecule has 1 amide bonds. The fourth-order valence-electron chi connectivity index (χ4n) is 2.90. The highest BCUT2D eigenvalue weighted by Crippen LogP contribution is 2.28. The molecule has 0 spiro atoms. The number of hydrogen-bond acceptors (Lipinski definition) is 5. The maximum Gasteiger partial charge on any atom is 0.257 e. The molecule has 4 rings (SSSR count). The van der Waals surface area contributed by atoms with Crippen molar-refractivity contribution in [3.63, 3.8) is 0 Å². The first-order valence-electron chi connectivity index (χ1n) is 8.84. The monoisotopic (exact) mass is 389 g/mol. The molecule has 140 valence electrons. The first-order chi connectivity index (χ1) is 13.6. The molecule has 0 fully saturated rings. The van der Waals surface area contributed by atoms with Crippen molar-refractivity contribution in [2.45, 2.75) is 20.4 Å². The Bertz CT molecular complexity index is 1100. The smallest absolute Gasteiger partial charge is 0.257 e. The van der Waals surface area contributed by atoms with Gasteiger partial charge in [-0.2, -0.15) is 5.10 Å². The molecule has 2 aromatic heterocycles. The zero-order chi connectivity index (χ0) is 19.5. The van der Waals surface area contributed by atoms with Gasteiger partial charge in [-0.1, -0.05) is 29.8 Å². The van der Waals surface area contributed by atoms with Gasteiger partial charge in [0.25, 0.3) is 5.91 Å². The largest absolute Gasteiger partial charge is 0.298 e. The fraction of sp³-hybridized carbons (Fsp3) is 0.143. The number of benzene rings is 2. The number of aromatic nitrogens is 4. The van der Waals surface area contributed by atoms with Crippen molar-refractivity contribution in [3.05, 3.63) is 82.8 Å².